The zero-order valence-electron chi connectivity index (χ0n) is 33.2. The molecule has 0 fully saturated rings. The van der Waals surface area contributed by atoms with Crippen LogP contribution in [0.1, 0.15) is 11.1 Å². The Kier molecular flexibility index (Phi) is 8.54. The number of pyridine rings is 1. The van der Waals surface area contributed by atoms with Crippen LogP contribution in [0.5, 0.6) is 0 Å². The molecule has 11 rings (SSSR count). The van der Waals surface area contributed by atoms with Crippen LogP contribution in [0.4, 0.5) is 5.69 Å². The van der Waals surface area contributed by atoms with Crippen LogP contribution in [0.3, 0.4) is 0 Å². The molecule has 0 atom stereocenters. The van der Waals surface area contributed by atoms with Crippen molar-refractivity contribution in [2.24, 2.45) is 0 Å². The number of rotatable bonds is 6. The van der Waals surface area contributed by atoms with Gasteiger partial charge >= 0.3 is 0 Å². The first kappa shape index (κ1) is 36.1. The molecule has 0 bridgehead atoms. The van der Waals surface area contributed by atoms with Gasteiger partial charge < -0.3 is 9.13 Å². The SMILES string of the molecule is [C-]#[N+]c1c(-c2ccccc2)nc(-c2ccc(-c3cccc4c3c3ccc5c6ccccc6n(-c6ccccc6)c5c3n4-c3ccccc3)c(C#N)c2)c(C#N)c1-c1ccccc1. The van der Waals surface area contributed by atoms with Gasteiger partial charge in [-0.2, -0.15) is 10.5 Å². The van der Waals surface area contributed by atoms with Gasteiger partial charge in [0.05, 0.1) is 57.2 Å². The van der Waals surface area contributed by atoms with Crippen LogP contribution >= 0.6 is 0 Å². The predicted molar refractivity (Wildman–Crippen MR) is 250 cm³/mol. The first-order chi connectivity index (χ1) is 30.7. The summed E-state index contributed by atoms with van der Waals surface area (Å²) in [7, 11) is 0. The number of benzene rings is 8. The molecule has 11 aromatic rings. The first-order valence-corrected chi connectivity index (χ1v) is 20.3. The second-order valence-corrected chi connectivity index (χ2v) is 15.2. The first-order valence-electron chi connectivity index (χ1n) is 20.3. The number of nitriles is 2. The number of fused-ring (bicyclic) bond motifs is 7. The average molecular weight is 789 g/mol. The molecule has 6 nitrogen and oxygen atoms in total. The minimum Gasteiger partial charge on any atom is -0.307 e. The maximum atomic E-state index is 11.0. The van der Waals surface area contributed by atoms with Crippen LogP contribution in [0, 0.1) is 29.2 Å². The molecule has 0 aliphatic heterocycles. The highest BCUT2D eigenvalue weighted by molar-refractivity contribution is 6.26. The number of aromatic nitrogens is 3. The molecule has 62 heavy (non-hydrogen) atoms. The van der Waals surface area contributed by atoms with Gasteiger partial charge in [0.15, 0.2) is 0 Å². The highest BCUT2D eigenvalue weighted by atomic mass is 15.0. The molecule has 8 aromatic carbocycles. The van der Waals surface area contributed by atoms with Gasteiger partial charge in [-0.15, -0.1) is 0 Å². The monoisotopic (exact) mass is 788 g/mol. The van der Waals surface area contributed by atoms with E-state index in [9.17, 15) is 10.5 Å². The van der Waals surface area contributed by atoms with E-state index in [2.05, 4.69) is 129 Å². The summed E-state index contributed by atoms with van der Waals surface area (Å²) in [6.45, 7) is 8.30. The van der Waals surface area contributed by atoms with Crippen LogP contribution in [-0.2, 0) is 0 Å². The summed E-state index contributed by atoms with van der Waals surface area (Å²) >= 11 is 0. The zero-order valence-corrected chi connectivity index (χ0v) is 33.2. The summed E-state index contributed by atoms with van der Waals surface area (Å²) in [5.41, 5.74) is 12.6. The van der Waals surface area contributed by atoms with Crippen molar-refractivity contribution >= 4 is 49.3 Å². The summed E-state index contributed by atoms with van der Waals surface area (Å²) in [5, 5.41) is 26.2. The Balaban J connectivity index is 1.20. The van der Waals surface area contributed by atoms with Gasteiger partial charge in [-0.1, -0.05) is 152 Å². The van der Waals surface area contributed by atoms with E-state index in [1.54, 1.807) is 0 Å². The fourth-order valence-electron chi connectivity index (χ4n) is 9.22. The van der Waals surface area contributed by atoms with Crippen LogP contribution in [-0.4, -0.2) is 14.1 Å². The van der Waals surface area contributed by atoms with Gasteiger partial charge in [0.25, 0.3) is 0 Å². The number of hydrogen-bond acceptors (Lipinski definition) is 3. The molecule has 0 N–H and O–H groups in total. The predicted octanol–water partition coefficient (Wildman–Crippen LogP) is 14.2. The second kappa shape index (κ2) is 14.7. The molecule has 0 saturated carbocycles. The van der Waals surface area contributed by atoms with Crippen molar-refractivity contribution in [2.75, 3.05) is 0 Å². The molecule has 3 heterocycles. The van der Waals surface area contributed by atoms with Crippen molar-refractivity contribution in [1.82, 2.24) is 14.1 Å². The molecule has 0 aliphatic carbocycles. The van der Waals surface area contributed by atoms with E-state index < -0.39 is 0 Å². The Hall–Kier alpha value is -9.02. The molecule has 0 amide bonds. The van der Waals surface area contributed by atoms with Crippen molar-refractivity contribution in [2.45, 2.75) is 0 Å². The minimum atomic E-state index is 0.282. The van der Waals surface area contributed by atoms with Crippen molar-refractivity contribution in [3.63, 3.8) is 0 Å². The van der Waals surface area contributed by atoms with E-state index >= 15 is 0 Å². The van der Waals surface area contributed by atoms with Crippen molar-refractivity contribution in [3.05, 3.63) is 217 Å². The van der Waals surface area contributed by atoms with Crippen molar-refractivity contribution in [1.29, 1.82) is 10.5 Å². The van der Waals surface area contributed by atoms with E-state index in [1.807, 2.05) is 91.0 Å². The largest absolute Gasteiger partial charge is 0.307 e. The lowest BCUT2D eigenvalue weighted by Gasteiger charge is -2.17. The van der Waals surface area contributed by atoms with Gasteiger partial charge in [0, 0.05) is 49.6 Å². The Morgan fingerprint density at radius 3 is 1.71 bits per heavy atom. The van der Waals surface area contributed by atoms with E-state index in [1.165, 1.54) is 5.39 Å². The van der Waals surface area contributed by atoms with E-state index in [-0.39, 0.29) is 5.56 Å². The van der Waals surface area contributed by atoms with Gasteiger partial charge in [-0.25, -0.2) is 4.85 Å². The fraction of sp³-hybridized carbons (Fsp3) is 0. The van der Waals surface area contributed by atoms with Crippen LogP contribution < -0.4 is 0 Å². The summed E-state index contributed by atoms with van der Waals surface area (Å²) in [6.07, 6.45) is 0. The maximum Gasteiger partial charge on any atom is 0.221 e. The molecule has 0 unspecified atom stereocenters. The van der Waals surface area contributed by atoms with Gasteiger partial charge in [-0.05, 0) is 59.2 Å². The average Bonchev–Trinajstić information content (AvgIpc) is 3.87. The zero-order chi connectivity index (χ0) is 41.7. The van der Waals surface area contributed by atoms with Crippen molar-refractivity contribution < 1.29 is 0 Å². The summed E-state index contributed by atoms with van der Waals surface area (Å²) in [4.78, 5) is 9.04. The lowest BCUT2D eigenvalue weighted by Crippen LogP contribution is -1.99. The molecule has 0 aliphatic rings. The van der Waals surface area contributed by atoms with E-state index in [0.717, 1.165) is 71.9 Å². The van der Waals surface area contributed by atoms with Crippen LogP contribution in [0.25, 0.3) is 105 Å². The summed E-state index contributed by atoms with van der Waals surface area (Å²) in [5.74, 6) is 0. The standard InChI is InChI=1S/C56H32N6/c1-59-54-50(36-17-6-2-7-18-36)47(35-58)52(60-53(54)37-19-8-3-9-20-37)38-29-30-42(39(33-38)34-57)44-26-16-28-49-51(44)46-32-31-45-43-25-14-15-27-48(43)61(40-21-10-4-11-22-40)55(45)56(46)62(49)41-23-12-5-13-24-41/h2-33H. The quantitative estimate of drug-likeness (QED) is 0.157. The smallest absolute Gasteiger partial charge is 0.221 e. The molecule has 3 aromatic heterocycles. The number of hydrogen-bond donors (Lipinski definition) is 0. The Labute approximate surface area is 357 Å². The number of para-hydroxylation sites is 3. The highest BCUT2D eigenvalue weighted by Gasteiger charge is 2.26. The Morgan fingerprint density at radius 1 is 0.468 bits per heavy atom. The van der Waals surface area contributed by atoms with E-state index in [4.69, 9.17) is 11.6 Å². The topological polar surface area (TPSA) is 74.7 Å². The molecule has 0 spiro atoms. The molecular weight excluding hydrogens is 757 g/mol. The lowest BCUT2D eigenvalue weighted by molar-refractivity contribution is 1.15. The van der Waals surface area contributed by atoms with Crippen molar-refractivity contribution in [3.8, 4) is 68.3 Å². The minimum absolute atomic E-state index is 0.282. The molecule has 0 radical (unpaired) electrons. The van der Waals surface area contributed by atoms with Gasteiger partial charge in [0.2, 0.25) is 5.69 Å². The molecular formula is C56H32N6. The third-order valence-corrected chi connectivity index (χ3v) is 11.8. The third kappa shape index (κ3) is 5.51. The van der Waals surface area contributed by atoms with Gasteiger partial charge in [-0.3, -0.25) is 4.98 Å². The second-order valence-electron chi connectivity index (χ2n) is 15.2. The Morgan fingerprint density at radius 2 is 1.05 bits per heavy atom. The number of nitrogens with zero attached hydrogens (tertiary/aromatic N) is 6. The highest BCUT2D eigenvalue weighted by Crippen LogP contribution is 2.47. The van der Waals surface area contributed by atoms with Crippen LogP contribution in [0.15, 0.2) is 194 Å². The maximum absolute atomic E-state index is 11.0. The Bertz CT molecular complexity index is 3690. The molecule has 6 heteroatoms. The summed E-state index contributed by atoms with van der Waals surface area (Å²) in [6, 6.07) is 70.1. The van der Waals surface area contributed by atoms with Crippen LogP contribution in [0.2, 0.25) is 0 Å². The summed E-state index contributed by atoms with van der Waals surface area (Å²) < 4.78 is 4.72. The van der Waals surface area contributed by atoms with Gasteiger partial charge in [0.1, 0.15) is 6.07 Å². The normalized spacial score (nSPS) is 11.2. The van der Waals surface area contributed by atoms with E-state index in [0.29, 0.717) is 33.8 Å². The lowest BCUT2D eigenvalue weighted by atomic mass is 9.90. The molecule has 286 valence electrons. The fourth-order valence-corrected chi connectivity index (χ4v) is 9.22. The molecule has 0 saturated heterocycles. The third-order valence-electron chi connectivity index (χ3n) is 11.8.